The summed E-state index contributed by atoms with van der Waals surface area (Å²) < 4.78 is 33.7. The van der Waals surface area contributed by atoms with E-state index in [2.05, 4.69) is 0 Å². The Hall–Kier alpha value is -2.35. The summed E-state index contributed by atoms with van der Waals surface area (Å²) in [6, 6.07) is 6.97. The molecule has 2 aliphatic rings. The van der Waals surface area contributed by atoms with Crippen LogP contribution in [0.2, 0.25) is 0 Å². The molecular formula is C19H23NO6S. The van der Waals surface area contributed by atoms with Gasteiger partial charge in [-0.25, -0.2) is 13.2 Å². The molecule has 0 spiro atoms. The van der Waals surface area contributed by atoms with Gasteiger partial charge in [0.1, 0.15) is 5.75 Å². The minimum atomic E-state index is -3.08. The van der Waals surface area contributed by atoms with Gasteiger partial charge in [0, 0.05) is 23.7 Å². The van der Waals surface area contributed by atoms with Gasteiger partial charge in [0.15, 0.2) is 16.4 Å². The fourth-order valence-electron chi connectivity index (χ4n) is 3.27. The first-order valence-electron chi connectivity index (χ1n) is 8.89. The Balaban J connectivity index is 1.56. The predicted molar refractivity (Wildman–Crippen MR) is 99.9 cm³/mol. The van der Waals surface area contributed by atoms with Crippen molar-refractivity contribution in [3.8, 4) is 5.75 Å². The third-order valence-corrected chi connectivity index (χ3v) is 6.46. The van der Waals surface area contributed by atoms with Gasteiger partial charge in [-0.2, -0.15) is 0 Å². The quantitative estimate of drug-likeness (QED) is 0.514. The van der Waals surface area contributed by atoms with Crippen LogP contribution in [0.5, 0.6) is 5.75 Å². The third-order valence-electron chi connectivity index (χ3n) is 4.71. The summed E-state index contributed by atoms with van der Waals surface area (Å²) in [4.78, 5) is 26.1. The summed E-state index contributed by atoms with van der Waals surface area (Å²) in [6.07, 6.45) is 4.99. The van der Waals surface area contributed by atoms with Gasteiger partial charge in [0.05, 0.1) is 18.6 Å². The standard InChI is InChI=1S/C19H23NO6S/c1-25-17-5-3-2-4-14(17)6-9-19(22)26-12-18(21)20(15-7-8-15)16-10-11-27(23,24)13-16/h2-6,9,15-16H,7-8,10-13H2,1H3/b9-6+/t16-/m1/s1. The second-order valence-electron chi connectivity index (χ2n) is 6.77. The highest BCUT2D eigenvalue weighted by Gasteiger charge is 2.42. The molecule has 0 unspecified atom stereocenters. The maximum atomic E-state index is 12.5. The van der Waals surface area contributed by atoms with E-state index in [1.165, 1.54) is 6.08 Å². The number of esters is 1. The minimum absolute atomic E-state index is 0.00308. The summed E-state index contributed by atoms with van der Waals surface area (Å²) in [6.45, 7) is -0.387. The number of methoxy groups -OCH3 is 1. The summed E-state index contributed by atoms with van der Waals surface area (Å²) in [5.74, 6) is -0.241. The van der Waals surface area contributed by atoms with Crippen LogP contribution in [0.4, 0.5) is 0 Å². The Bertz CT molecular complexity index is 844. The van der Waals surface area contributed by atoms with Gasteiger partial charge in [-0.05, 0) is 31.4 Å². The predicted octanol–water partition coefficient (Wildman–Crippen LogP) is 1.43. The molecule has 0 bridgehead atoms. The molecule has 1 saturated heterocycles. The number of rotatable bonds is 7. The van der Waals surface area contributed by atoms with Gasteiger partial charge in [-0.1, -0.05) is 18.2 Å². The van der Waals surface area contributed by atoms with Crippen molar-refractivity contribution in [3.05, 3.63) is 35.9 Å². The number of hydrogen-bond donors (Lipinski definition) is 0. The number of carbonyl (C=O) groups is 2. The number of nitrogens with zero attached hydrogens (tertiary/aromatic N) is 1. The molecule has 0 radical (unpaired) electrons. The van der Waals surface area contributed by atoms with Crippen LogP contribution in [0.25, 0.3) is 6.08 Å². The molecule has 1 atom stereocenters. The van der Waals surface area contributed by atoms with E-state index in [0.717, 1.165) is 18.4 Å². The van der Waals surface area contributed by atoms with Crippen molar-refractivity contribution in [1.29, 1.82) is 0 Å². The minimum Gasteiger partial charge on any atom is -0.496 e. The van der Waals surface area contributed by atoms with Crippen molar-refractivity contribution in [2.45, 2.75) is 31.3 Å². The lowest BCUT2D eigenvalue weighted by Gasteiger charge is -2.28. The van der Waals surface area contributed by atoms with Gasteiger partial charge < -0.3 is 14.4 Å². The maximum Gasteiger partial charge on any atom is 0.331 e. The zero-order valence-electron chi connectivity index (χ0n) is 15.2. The van der Waals surface area contributed by atoms with Gasteiger partial charge in [-0.15, -0.1) is 0 Å². The summed E-state index contributed by atoms with van der Waals surface area (Å²) in [7, 11) is -1.54. The zero-order chi connectivity index (χ0) is 19.4. The lowest BCUT2D eigenvalue weighted by atomic mass is 10.2. The van der Waals surface area contributed by atoms with E-state index in [1.54, 1.807) is 30.2 Å². The normalized spacial score (nSPS) is 21.1. The molecule has 1 aliphatic heterocycles. The molecule has 1 heterocycles. The highest BCUT2D eigenvalue weighted by atomic mass is 32.2. The fourth-order valence-corrected chi connectivity index (χ4v) is 4.98. The number of benzene rings is 1. The van der Waals surface area contributed by atoms with Crippen LogP contribution in [0.15, 0.2) is 30.3 Å². The van der Waals surface area contributed by atoms with Crippen molar-refractivity contribution in [2.75, 3.05) is 25.2 Å². The van der Waals surface area contributed by atoms with Crippen molar-refractivity contribution >= 4 is 27.8 Å². The topological polar surface area (TPSA) is 90.0 Å². The number of amides is 1. The molecule has 7 nitrogen and oxygen atoms in total. The van der Waals surface area contributed by atoms with Crippen LogP contribution in [-0.2, 0) is 24.2 Å². The van der Waals surface area contributed by atoms with Gasteiger partial charge in [0.25, 0.3) is 5.91 Å². The molecule has 0 aromatic heterocycles. The van der Waals surface area contributed by atoms with E-state index in [4.69, 9.17) is 9.47 Å². The SMILES string of the molecule is COc1ccccc1/C=C/C(=O)OCC(=O)N(C1CC1)[C@@H]1CCS(=O)(=O)C1. The Morgan fingerprint density at radius 3 is 2.56 bits per heavy atom. The van der Waals surface area contributed by atoms with Crippen molar-refractivity contribution in [2.24, 2.45) is 0 Å². The third kappa shape index (κ3) is 5.09. The smallest absolute Gasteiger partial charge is 0.331 e. The van der Waals surface area contributed by atoms with Crippen LogP contribution >= 0.6 is 0 Å². The van der Waals surface area contributed by atoms with Gasteiger partial charge in [0.2, 0.25) is 0 Å². The number of sulfone groups is 1. The Labute approximate surface area is 158 Å². The molecular weight excluding hydrogens is 370 g/mol. The van der Waals surface area contributed by atoms with Crippen molar-refractivity contribution < 1.29 is 27.5 Å². The molecule has 8 heteroatoms. The first kappa shape index (κ1) is 19.4. The second-order valence-corrected chi connectivity index (χ2v) is 9.00. The first-order valence-corrected chi connectivity index (χ1v) is 10.7. The van der Waals surface area contributed by atoms with Crippen LogP contribution in [0.3, 0.4) is 0 Å². The molecule has 146 valence electrons. The Morgan fingerprint density at radius 1 is 1.19 bits per heavy atom. The number of hydrogen-bond acceptors (Lipinski definition) is 6. The largest absolute Gasteiger partial charge is 0.496 e. The highest BCUT2D eigenvalue weighted by molar-refractivity contribution is 7.91. The summed E-state index contributed by atoms with van der Waals surface area (Å²) in [5.41, 5.74) is 0.721. The van der Waals surface area contributed by atoms with Gasteiger partial charge in [-0.3, -0.25) is 4.79 Å². The number of ether oxygens (including phenoxy) is 2. The monoisotopic (exact) mass is 393 g/mol. The van der Waals surface area contributed by atoms with Crippen molar-refractivity contribution in [1.82, 2.24) is 4.90 Å². The lowest BCUT2D eigenvalue weighted by molar-refractivity contribution is -0.149. The fraction of sp³-hybridized carbons (Fsp3) is 0.474. The van der Waals surface area contributed by atoms with Crippen LogP contribution in [0.1, 0.15) is 24.8 Å². The number of para-hydroxylation sites is 1. The summed E-state index contributed by atoms with van der Waals surface area (Å²) in [5, 5.41) is 0. The molecule has 1 aromatic carbocycles. The molecule has 1 amide bonds. The molecule has 1 saturated carbocycles. The molecule has 0 N–H and O–H groups in total. The molecule has 1 aliphatic carbocycles. The molecule has 2 fully saturated rings. The molecule has 1 aromatic rings. The number of carbonyl (C=O) groups excluding carboxylic acids is 2. The van der Waals surface area contributed by atoms with Gasteiger partial charge >= 0.3 is 5.97 Å². The van der Waals surface area contributed by atoms with E-state index in [1.807, 2.05) is 12.1 Å². The maximum absolute atomic E-state index is 12.5. The van der Waals surface area contributed by atoms with Crippen LogP contribution in [0, 0.1) is 0 Å². The highest BCUT2D eigenvalue weighted by Crippen LogP contribution is 2.32. The van der Waals surface area contributed by atoms with E-state index in [-0.39, 0.29) is 36.1 Å². The summed E-state index contributed by atoms with van der Waals surface area (Å²) >= 11 is 0. The van der Waals surface area contributed by atoms with E-state index in [9.17, 15) is 18.0 Å². The second kappa shape index (κ2) is 8.12. The molecule has 27 heavy (non-hydrogen) atoms. The average Bonchev–Trinajstić information content (AvgIpc) is 3.41. The van der Waals surface area contributed by atoms with Crippen LogP contribution < -0.4 is 4.74 Å². The molecule has 3 rings (SSSR count). The Morgan fingerprint density at radius 2 is 1.93 bits per heavy atom. The lowest BCUT2D eigenvalue weighted by Crippen LogP contribution is -2.44. The van der Waals surface area contributed by atoms with E-state index >= 15 is 0 Å². The Kier molecular flexibility index (Phi) is 5.84. The van der Waals surface area contributed by atoms with Crippen molar-refractivity contribution in [3.63, 3.8) is 0 Å². The van der Waals surface area contributed by atoms with E-state index < -0.39 is 15.8 Å². The van der Waals surface area contributed by atoms with Crippen LogP contribution in [-0.4, -0.2) is 62.5 Å². The zero-order valence-corrected chi connectivity index (χ0v) is 16.0. The average molecular weight is 393 g/mol. The van der Waals surface area contributed by atoms with E-state index in [0.29, 0.717) is 12.2 Å². The first-order chi connectivity index (χ1) is 12.9.